The summed E-state index contributed by atoms with van der Waals surface area (Å²) in [4.78, 5) is -0.0303. The third-order valence-corrected chi connectivity index (χ3v) is 5.25. The summed E-state index contributed by atoms with van der Waals surface area (Å²) in [6.45, 7) is 3.09. The Labute approximate surface area is 130 Å². The van der Waals surface area contributed by atoms with Gasteiger partial charge in [0, 0.05) is 18.6 Å². The van der Waals surface area contributed by atoms with Crippen molar-refractivity contribution in [2.75, 3.05) is 20.1 Å². The predicted molar refractivity (Wildman–Crippen MR) is 82.5 cm³/mol. The van der Waals surface area contributed by atoms with Gasteiger partial charge < -0.3 is 5.32 Å². The Balaban J connectivity index is 3.31. The molecule has 0 amide bonds. The maximum atomic E-state index is 12.4. The molecule has 1 aromatic rings. The molecule has 0 aliphatic carbocycles. The van der Waals surface area contributed by atoms with Crippen LogP contribution in [0.15, 0.2) is 17.0 Å². The fourth-order valence-electron chi connectivity index (χ4n) is 1.58. The van der Waals surface area contributed by atoms with Crippen LogP contribution < -0.4 is 5.32 Å². The van der Waals surface area contributed by atoms with E-state index in [1.807, 2.05) is 6.92 Å². The van der Waals surface area contributed by atoms with Gasteiger partial charge in [0.2, 0.25) is 10.0 Å². The number of benzene rings is 1. The van der Waals surface area contributed by atoms with Gasteiger partial charge in [-0.15, -0.1) is 6.42 Å². The number of hydrogen-bond acceptors (Lipinski definition) is 3. The molecule has 0 saturated carbocycles. The number of nitrogens with one attached hydrogen (secondary N) is 1. The van der Waals surface area contributed by atoms with Crippen LogP contribution in [0.25, 0.3) is 0 Å². The zero-order valence-corrected chi connectivity index (χ0v) is 13.6. The first kappa shape index (κ1) is 17.3. The van der Waals surface area contributed by atoms with Gasteiger partial charge in [-0.05, 0) is 24.2 Å². The molecule has 20 heavy (non-hydrogen) atoms. The number of terminal acetylenes is 1. The number of nitrogens with zero attached hydrogens (tertiary/aromatic N) is 1. The third-order valence-electron chi connectivity index (χ3n) is 2.65. The molecule has 4 nitrogen and oxygen atoms in total. The minimum Gasteiger partial charge on any atom is -0.313 e. The van der Waals surface area contributed by atoms with E-state index in [4.69, 9.17) is 29.6 Å². The van der Waals surface area contributed by atoms with Crippen molar-refractivity contribution in [2.45, 2.75) is 18.4 Å². The Kier molecular flexibility index (Phi) is 6.31. The van der Waals surface area contributed by atoms with Crippen molar-refractivity contribution in [3.05, 3.63) is 27.7 Å². The number of sulfonamides is 1. The topological polar surface area (TPSA) is 49.4 Å². The molecule has 0 fully saturated rings. The fourth-order valence-corrected chi connectivity index (χ4v) is 3.56. The molecule has 0 saturated heterocycles. The second-order valence-electron chi connectivity index (χ2n) is 4.12. The second-order valence-corrected chi connectivity index (χ2v) is 6.95. The highest BCUT2D eigenvalue weighted by atomic mass is 35.5. The number of hydrogen-bond donors (Lipinski definition) is 1. The standard InChI is InChI=1S/C13H16Cl2N2O2S/c1-4-6-17(3)20(18,19)12-8-11(14)7-10(13(12)15)9-16-5-2/h1,7-8,16H,5-6,9H2,2-3H3. The Morgan fingerprint density at radius 3 is 2.60 bits per heavy atom. The summed E-state index contributed by atoms with van der Waals surface area (Å²) in [5.41, 5.74) is 0.633. The summed E-state index contributed by atoms with van der Waals surface area (Å²) < 4.78 is 25.8. The van der Waals surface area contributed by atoms with Gasteiger partial charge in [-0.3, -0.25) is 0 Å². The van der Waals surface area contributed by atoms with E-state index in [0.717, 1.165) is 10.8 Å². The third kappa shape index (κ3) is 3.87. The Morgan fingerprint density at radius 1 is 1.40 bits per heavy atom. The fraction of sp³-hybridized carbons (Fsp3) is 0.385. The maximum Gasteiger partial charge on any atom is 0.245 e. The monoisotopic (exact) mass is 334 g/mol. The summed E-state index contributed by atoms with van der Waals surface area (Å²) in [7, 11) is -2.36. The summed E-state index contributed by atoms with van der Waals surface area (Å²) in [6.07, 6.45) is 5.14. The quantitative estimate of drug-likeness (QED) is 0.812. The maximum absolute atomic E-state index is 12.4. The van der Waals surface area contributed by atoms with Gasteiger partial charge >= 0.3 is 0 Å². The number of rotatable bonds is 6. The van der Waals surface area contributed by atoms with Crippen LogP contribution in [0.1, 0.15) is 12.5 Å². The van der Waals surface area contributed by atoms with Crippen LogP contribution in [0.3, 0.4) is 0 Å². The van der Waals surface area contributed by atoms with Crippen LogP contribution in [0.2, 0.25) is 10.0 Å². The molecule has 1 aromatic carbocycles. The van der Waals surface area contributed by atoms with E-state index in [0.29, 0.717) is 17.1 Å². The molecule has 1 N–H and O–H groups in total. The van der Waals surface area contributed by atoms with Crippen LogP contribution in [0.4, 0.5) is 0 Å². The van der Waals surface area contributed by atoms with E-state index in [9.17, 15) is 8.42 Å². The van der Waals surface area contributed by atoms with Gasteiger partial charge in [0.15, 0.2) is 0 Å². The average molecular weight is 335 g/mol. The lowest BCUT2D eigenvalue weighted by Gasteiger charge is -2.17. The minimum atomic E-state index is -3.76. The van der Waals surface area contributed by atoms with Crippen molar-refractivity contribution in [1.29, 1.82) is 0 Å². The first-order valence-corrected chi connectivity index (χ1v) is 8.12. The Morgan fingerprint density at radius 2 is 2.05 bits per heavy atom. The van der Waals surface area contributed by atoms with Crippen LogP contribution >= 0.6 is 23.2 Å². The molecule has 0 bridgehead atoms. The van der Waals surface area contributed by atoms with Crippen LogP contribution in [-0.2, 0) is 16.6 Å². The predicted octanol–water partition coefficient (Wildman–Crippen LogP) is 2.36. The molecule has 1 rings (SSSR count). The van der Waals surface area contributed by atoms with E-state index in [1.165, 1.54) is 13.1 Å². The van der Waals surface area contributed by atoms with Gasteiger partial charge in [-0.1, -0.05) is 36.0 Å². The molecule has 7 heteroatoms. The minimum absolute atomic E-state index is 0.0303. The van der Waals surface area contributed by atoms with E-state index >= 15 is 0 Å². The van der Waals surface area contributed by atoms with E-state index < -0.39 is 10.0 Å². The van der Waals surface area contributed by atoms with Gasteiger partial charge in [0.1, 0.15) is 4.90 Å². The van der Waals surface area contributed by atoms with Gasteiger partial charge in [-0.25, -0.2) is 8.42 Å². The highest BCUT2D eigenvalue weighted by Gasteiger charge is 2.25. The van der Waals surface area contributed by atoms with Crippen molar-refractivity contribution in [1.82, 2.24) is 9.62 Å². The SMILES string of the molecule is C#CCN(C)S(=O)(=O)c1cc(Cl)cc(CNCC)c1Cl. The lowest BCUT2D eigenvalue weighted by Crippen LogP contribution is -2.27. The highest BCUT2D eigenvalue weighted by Crippen LogP contribution is 2.31. The van der Waals surface area contributed by atoms with Crippen LogP contribution in [0.5, 0.6) is 0 Å². The lowest BCUT2D eigenvalue weighted by atomic mass is 10.2. The van der Waals surface area contributed by atoms with Crippen molar-refractivity contribution < 1.29 is 8.42 Å². The van der Waals surface area contributed by atoms with Crippen molar-refractivity contribution in [3.8, 4) is 12.3 Å². The average Bonchev–Trinajstić information content (AvgIpc) is 2.39. The Bertz CT molecular complexity index is 624. The van der Waals surface area contributed by atoms with E-state index in [2.05, 4.69) is 11.2 Å². The second kappa shape index (κ2) is 7.30. The molecule has 0 aliphatic heterocycles. The molecule has 110 valence electrons. The summed E-state index contributed by atoms with van der Waals surface area (Å²) in [5.74, 6) is 2.28. The molecule has 0 heterocycles. The number of halogens is 2. The van der Waals surface area contributed by atoms with Gasteiger partial charge in [-0.2, -0.15) is 4.31 Å². The summed E-state index contributed by atoms with van der Waals surface area (Å²) in [6, 6.07) is 2.98. The zero-order chi connectivity index (χ0) is 15.3. The van der Waals surface area contributed by atoms with Gasteiger partial charge in [0.25, 0.3) is 0 Å². The molecule has 0 aromatic heterocycles. The van der Waals surface area contributed by atoms with Crippen LogP contribution in [-0.4, -0.2) is 32.9 Å². The first-order chi connectivity index (χ1) is 9.34. The molecule has 0 unspecified atom stereocenters. The molecule has 0 radical (unpaired) electrons. The summed E-state index contributed by atoms with van der Waals surface area (Å²) >= 11 is 12.2. The zero-order valence-electron chi connectivity index (χ0n) is 11.3. The first-order valence-electron chi connectivity index (χ1n) is 5.93. The molecule has 0 aliphatic rings. The smallest absolute Gasteiger partial charge is 0.245 e. The van der Waals surface area contributed by atoms with Crippen LogP contribution in [0, 0.1) is 12.3 Å². The Hall–Kier alpha value is -0.770. The van der Waals surface area contributed by atoms with Gasteiger partial charge in [0.05, 0.1) is 11.6 Å². The molecule has 0 spiro atoms. The van der Waals surface area contributed by atoms with Crippen molar-refractivity contribution >= 4 is 33.2 Å². The lowest BCUT2D eigenvalue weighted by molar-refractivity contribution is 0.503. The van der Waals surface area contributed by atoms with Crippen molar-refractivity contribution in [2.24, 2.45) is 0 Å². The van der Waals surface area contributed by atoms with Crippen molar-refractivity contribution in [3.63, 3.8) is 0 Å². The largest absolute Gasteiger partial charge is 0.313 e. The molecular weight excluding hydrogens is 319 g/mol. The highest BCUT2D eigenvalue weighted by molar-refractivity contribution is 7.89. The summed E-state index contributed by atoms with van der Waals surface area (Å²) in [5, 5.41) is 3.56. The van der Waals surface area contributed by atoms with E-state index in [1.54, 1.807) is 6.07 Å². The van der Waals surface area contributed by atoms with E-state index in [-0.39, 0.29) is 16.5 Å². The normalized spacial score (nSPS) is 11.6. The molecular formula is C13H16Cl2N2O2S. The molecule has 0 atom stereocenters.